The summed E-state index contributed by atoms with van der Waals surface area (Å²) in [7, 11) is 0. The Kier molecular flexibility index (Phi) is 6.77. The van der Waals surface area contributed by atoms with Crippen molar-refractivity contribution < 1.29 is 27.6 Å². The molecule has 4 rings (SSSR count). The average molecular weight is 473 g/mol. The Bertz CT molecular complexity index is 1210. The smallest absolute Gasteiger partial charge is 0.216 e. The molecule has 1 aromatic heterocycles. The van der Waals surface area contributed by atoms with E-state index in [1.807, 2.05) is 0 Å². The molecule has 1 aliphatic rings. The van der Waals surface area contributed by atoms with Gasteiger partial charge in [0.25, 0.3) is 0 Å². The number of halogens is 3. The molecular formula is C25H26F3N3O3. The molecule has 2 heterocycles. The second-order valence-corrected chi connectivity index (χ2v) is 8.62. The van der Waals surface area contributed by atoms with Gasteiger partial charge in [0, 0.05) is 31.1 Å². The number of amides is 1. The predicted molar refractivity (Wildman–Crippen MR) is 120 cm³/mol. The molecular weight excluding hydrogens is 447 g/mol. The van der Waals surface area contributed by atoms with Gasteiger partial charge in [0.1, 0.15) is 11.4 Å². The first kappa shape index (κ1) is 24.0. The van der Waals surface area contributed by atoms with E-state index in [4.69, 9.17) is 4.52 Å². The van der Waals surface area contributed by atoms with Crippen molar-refractivity contribution in [3.63, 3.8) is 0 Å². The summed E-state index contributed by atoms with van der Waals surface area (Å²) in [4.78, 5) is 11.2. The van der Waals surface area contributed by atoms with Gasteiger partial charge in [-0.1, -0.05) is 11.2 Å². The van der Waals surface area contributed by atoms with Gasteiger partial charge in [-0.25, -0.2) is 13.2 Å². The van der Waals surface area contributed by atoms with E-state index in [1.54, 1.807) is 13.0 Å². The highest BCUT2D eigenvalue weighted by Crippen LogP contribution is 2.44. The van der Waals surface area contributed by atoms with Gasteiger partial charge in [0.15, 0.2) is 17.4 Å². The number of carbonyl (C=O) groups is 1. The lowest BCUT2D eigenvalue weighted by molar-refractivity contribution is -0.118. The van der Waals surface area contributed by atoms with Gasteiger partial charge in [0.2, 0.25) is 5.91 Å². The van der Waals surface area contributed by atoms with E-state index >= 15 is 0 Å². The fourth-order valence-electron chi connectivity index (χ4n) is 4.59. The Morgan fingerprint density at radius 3 is 2.76 bits per heavy atom. The van der Waals surface area contributed by atoms with Crippen LogP contribution in [-0.2, 0) is 16.8 Å². The van der Waals surface area contributed by atoms with Crippen molar-refractivity contribution in [2.45, 2.75) is 38.2 Å². The fraction of sp³-hybridized carbons (Fsp3) is 0.360. The van der Waals surface area contributed by atoms with Crippen molar-refractivity contribution in [2.24, 2.45) is 0 Å². The van der Waals surface area contributed by atoms with Crippen LogP contribution in [0.25, 0.3) is 11.3 Å². The molecule has 2 aromatic carbocycles. The lowest BCUT2D eigenvalue weighted by Crippen LogP contribution is -2.47. The van der Waals surface area contributed by atoms with E-state index in [-0.39, 0.29) is 17.9 Å². The Hall–Kier alpha value is -3.17. The van der Waals surface area contributed by atoms with Crippen LogP contribution in [0, 0.1) is 24.4 Å². The first-order chi connectivity index (χ1) is 16.2. The standard InChI is InChI=1S/C25H26F3N3O3/c1-14-23(20-13-29-10-8-25(20,33)17-3-6-21(27)22(28)12-17)31-34-24(14)19-5-4-18(26)11-16(19)7-9-30-15(2)32/h3-6,11-12,20,29,33H,7-10,13H2,1-2H3,(H,30,32). The summed E-state index contributed by atoms with van der Waals surface area (Å²) in [5, 5.41) is 21.8. The van der Waals surface area contributed by atoms with E-state index in [1.165, 1.54) is 25.1 Å². The fourth-order valence-corrected chi connectivity index (χ4v) is 4.59. The van der Waals surface area contributed by atoms with Crippen molar-refractivity contribution in [2.75, 3.05) is 19.6 Å². The maximum absolute atomic E-state index is 14.0. The number of nitrogens with zero attached hydrogens (tertiary/aromatic N) is 1. The van der Waals surface area contributed by atoms with Gasteiger partial charge in [0.05, 0.1) is 11.6 Å². The Morgan fingerprint density at radius 2 is 2.03 bits per heavy atom. The molecule has 0 aliphatic carbocycles. The summed E-state index contributed by atoms with van der Waals surface area (Å²) in [5.74, 6) is -2.78. The Balaban J connectivity index is 1.72. The number of benzene rings is 2. The molecule has 180 valence electrons. The highest BCUT2D eigenvalue weighted by atomic mass is 19.2. The van der Waals surface area contributed by atoms with Crippen LogP contribution < -0.4 is 10.6 Å². The molecule has 0 bridgehead atoms. The quantitative estimate of drug-likeness (QED) is 0.508. The van der Waals surface area contributed by atoms with Crippen LogP contribution in [0.3, 0.4) is 0 Å². The number of carbonyl (C=O) groups excluding carboxylic acids is 1. The predicted octanol–water partition coefficient (Wildman–Crippen LogP) is 3.71. The minimum absolute atomic E-state index is 0.183. The lowest BCUT2D eigenvalue weighted by Gasteiger charge is -2.40. The Labute approximate surface area is 195 Å². The zero-order valence-corrected chi connectivity index (χ0v) is 18.9. The maximum atomic E-state index is 14.0. The number of aromatic nitrogens is 1. The van der Waals surface area contributed by atoms with Crippen LogP contribution in [0.2, 0.25) is 0 Å². The van der Waals surface area contributed by atoms with Gasteiger partial charge < -0.3 is 20.3 Å². The van der Waals surface area contributed by atoms with Crippen LogP contribution in [0.1, 0.15) is 41.6 Å². The van der Waals surface area contributed by atoms with Crippen LogP contribution in [-0.4, -0.2) is 35.8 Å². The number of hydrogen-bond acceptors (Lipinski definition) is 5. The second kappa shape index (κ2) is 9.60. The normalized spacial score (nSPS) is 20.4. The van der Waals surface area contributed by atoms with E-state index < -0.39 is 29.0 Å². The van der Waals surface area contributed by atoms with Crippen molar-refractivity contribution in [3.05, 3.63) is 76.2 Å². The van der Waals surface area contributed by atoms with Crippen molar-refractivity contribution in [1.29, 1.82) is 0 Å². The third-order valence-electron chi connectivity index (χ3n) is 6.40. The number of aliphatic hydroxyl groups is 1. The molecule has 0 spiro atoms. The van der Waals surface area contributed by atoms with Crippen molar-refractivity contribution in [3.8, 4) is 11.3 Å². The molecule has 3 N–H and O–H groups in total. The van der Waals surface area contributed by atoms with Crippen molar-refractivity contribution >= 4 is 5.91 Å². The molecule has 1 saturated heterocycles. The van der Waals surface area contributed by atoms with Crippen molar-refractivity contribution in [1.82, 2.24) is 15.8 Å². The molecule has 0 radical (unpaired) electrons. The van der Waals surface area contributed by atoms with E-state index in [0.717, 1.165) is 12.1 Å². The minimum Gasteiger partial charge on any atom is -0.384 e. The molecule has 3 aromatic rings. The highest BCUT2D eigenvalue weighted by Gasteiger charge is 2.44. The molecule has 34 heavy (non-hydrogen) atoms. The van der Waals surface area contributed by atoms with Crippen LogP contribution in [0.4, 0.5) is 13.2 Å². The first-order valence-corrected chi connectivity index (χ1v) is 11.1. The zero-order chi connectivity index (χ0) is 24.5. The van der Waals surface area contributed by atoms with Gasteiger partial charge in [-0.3, -0.25) is 4.79 Å². The zero-order valence-electron chi connectivity index (χ0n) is 18.9. The molecule has 2 atom stereocenters. The number of nitrogens with one attached hydrogen (secondary N) is 2. The molecule has 1 fully saturated rings. The SMILES string of the molecule is CC(=O)NCCc1cc(F)ccc1-c1onc(C2CNCCC2(O)c2ccc(F)c(F)c2)c1C. The molecule has 0 saturated carbocycles. The molecule has 1 aliphatic heterocycles. The number of hydrogen-bond donors (Lipinski definition) is 3. The number of piperidine rings is 1. The maximum Gasteiger partial charge on any atom is 0.216 e. The van der Waals surface area contributed by atoms with Gasteiger partial charge in [-0.15, -0.1) is 0 Å². The van der Waals surface area contributed by atoms with Gasteiger partial charge in [-0.2, -0.15) is 0 Å². The monoisotopic (exact) mass is 473 g/mol. The van der Waals surface area contributed by atoms with E-state index in [0.29, 0.717) is 54.2 Å². The summed E-state index contributed by atoms with van der Waals surface area (Å²) in [6, 6.07) is 7.70. The molecule has 9 heteroatoms. The Morgan fingerprint density at radius 1 is 1.24 bits per heavy atom. The second-order valence-electron chi connectivity index (χ2n) is 8.62. The van der Waals surface area contributed by atoms with E-state index in [9.17, 15) is 23.1 Å². The third-order valence-corrected chi connectivity index (χ3v) is 6.40. The molecule has 2 unspecified atom stereocenters. The molecule has 6 nitrogen and oxygen atoms in total. The molecule has 1 amide bonds. The minimum atomic E-state index is -1.49. The first-order valence-electron chi connectivity index (χ1n) is 11.1. The van der Waals surface area contributed by atoms with Crippen LogP contribution >= 0.6 is 0 Å². The van der Waals surface area contributed by atoms with Gasteiger partial charge in [-0.05, 0) is 67.8 Å². The lowest BCUT2D eigenvalue weighted by atomic mass is 9.74. The van der Waals surface area contributed by atoms with Crippen LogP contribution in [0.15, 0.2) is 40.9 Å². The highest BCUT2D eigenvalue weighted by molar-refractivity contribution is 5.73. The average Bonchev–Trinajstić information content (AvgIpc) is 3.16. The summed E-state index contributed by atoms with van der Waals surface area (Å²) >= 11 is 0. The topological polar surface area (TPSA) is 87.4 Å². The summed E-state index contributed by atoms with van der Waals surface area (Å²) < 4.78 is 47.1. The summed E-state index contributed by atoms with van der Waals surface area (Å²) in [6.45, 7) is 4.37. The summed E-state index contributed by atoms with van der Waals surface area (Å²) in [5.41, 5.74) is 1.17. The van der Waals surface area contributed by atoms with Crippen LogP contribution in [0.5, 0.6) is 0 Å². The van der Waals surface area contributed by atoms with E-state index in [2.05, 4.69) is 15.8 Å². The van der Waals surface area contributed by atoms with Gasteiger partial charge >= 0.3 is 0 Å². The number of rotatable bonds is 6. The largest absolute Gasteiger partial charge is 0.384 e. The summed E-state index contributed by atoms with van der Waals surface area (Å²) in [6.07, 6.45) is 0.648. The third kappa shape index (κ3) is 4.58.